The van der Waals surface area contributed by atoms with Gasteiger partial charge < -0.3 is 21.1 Å². The Morgan fingerprint density at radius 3 is 2.45 bits per heavy atom. The maximum absolute atomic E-state index is 11.1. The number of nitrogens with zero attached hydrogens (tertiary/aromatic N) is 1. The molecule has 1 aliphatic rings. The van der Waals surface area contributed by atoms with E-state index in [9.17, 15) is 4.79 Å². The van der Waals surface area contributed by atoms with Crippen LogP contribution in [0.5, 0.6) is 5.75 Å². The van der Waals surface area contributed by atoms with Gasteiger partial charge in [0.15, 0.2) is 0 Å². The van der Waals surface area contributed by atoms with Crippen molar-refractivity contribution in [3.8, 4) is 5.75 Å². The molecule has 0 radical (unpaired) electrons. The van der Waals surface area contributed by atoms with Crippen molar-refractivity contribution in [2.45, 2.75) is 18.9 Å². The van der Waals surface area contributed by atoms with Crippen LogP contribution in [0.3, 0.4) is 0 Å². The fraction of sp³-hybridized carbons (Fsp3) is 0.533. The number of carbonyl (C=O) groups is 1. The van der Waals surface area contributed by atoms with Crippen LogP contribution in [0.2, 0.25) is 0 Å². The first-order valence-corrected chi connectivity index (χ1v) is 7.01. The molecule has 1 saturated heterocycles. The second-order valence-electron chi connectivity index (χ2n) is 5.36. The monoisotopic (exact) mass is 277 g/mol. The predicted molar refractivity (Wildman–Crippen MR) is 78.3 cm³/mol. The lowest BCUT2D eigenvalue weighted by Crippen LogP contribution is -2.41. The summed E-state index contributed by atoms with van der Waals surface area (Å²) < 4.78 is 5.14. The average molecular weight is 277 g/mol. The SMILES string of the molecule is COc1ccc(C(N)CN2CCC(C(N)=O)CC2)cc1. The molecular formula is C15H23N3O2. The Labute approximate surface area is 119 Å². The molecule has 4 N–H and O–H groups in total. The highest BCUT2D eigenvalue weighted by atomic mass is 16.5. The van der Waals surface area contributed by atoms with E-state index in [1.165, 1.54) is 0 Å². The van der Waals surface area contributed by atoms with E-state index in [4.69, 9.17) is 16.2 Å². The third kappa shape index (κ3) is 3.71. The highest BCUT2D eigenvalue weighted by Gasteiger charge is 2.24. The van der Waals surface area contributed by atoms with Gasteiger partial charge in [0.1, 0.15) is 5.75 Å². The van der Waals surface area contributed by atoms with E-state index < -0.39 is 0 Å². The van der Waals surface area contributed by atoms with Gasteiger partial charge in [0.05, 0.1) is 7.11 Å². The van der Waals surface area contributed by atoms with E-state index in [2.05, 4.69) is 4.90 Å². The lowest BCUT2D eigenvalue weighted by molar-refractivity contribution is -0.123. The number of likely N-dealkylation sites (tertiary alicyclic amines) is 1. The van der Waals surface area contributed by atoms with Crippen LogP contribution in [0, 0.1) is 5.92 Å². The van der Waals surface area contributed by atoms with E-state index in [1.54, 1.807) is 7.11 Å². The lowest BCUT2D eigenvalue weighted by atomic mass is 9.95. The van der Waals surface area contributed by atoms with Gasteiger partial charge in [-0.3, -0.25) is 4.79 Å². The summed E-state index contributed by atoms with van der Waals surface area (Å²) in [4.78, 5) is 13.4. The summed E-state index contributed by atoms with van der Waals surface area (Å²) in [6.07, 6.45) is 1.68. The smallest absolute Gasteiger partial charge is 0.220 e. The molecule has 0 bridgehead atoms. The average Bonchev–Trinajstić information content (AvgIpc) is 2.48. The zero-order valence-electron chi connectivity index (χ0n) is 11.9. The summed E-state index contributed by atoms with van der Waals surface area (Å²) in [5.74, 6) is 0.691. The molecule has 0 aliphatic carbocycles. The number of primary amides is 1. The third-order valence-corrected chi connectivity index (χ3v) is 3.99. The van der Waals surface area contributed by atoms with Gasteiger partial charge in [-0.1, -0.05) is 12.1 Å². The first kappa shape index (κ1) is 14.8. The van der Waals surface area contributed by atoms with Crippen molar-refractivity contribution in [3.63, 3.8) is 0 Å². The highest BCUT2D eigenvalue weighted by Crippen LogP contribution is 2.21. The van der Waals surface area contributed by atoms with Crippen LogP contribution in [0.15, 0.2) is 24.3 Å². The quantitative estimate of drug-likeness (QED) is 0.837. The minimum absolute atomic E-state index is 0.0222. The number of carbonyl (C=O) groups excluding carboxylic acids is 1. The molecular weight excluding hydrogens is 254 g/mol. The molecule has 1 unspecified atom stereocenters. The number of piperidine rings is 1. The fourth-order valence-corrected chi connectivity index (χ4v) is 2.63. The van der Waals surface area contributed by atoms with Crippen molar-refractivity contribution in [1.82, 2.24) is 4.90 Å². The van der Waals surface area contributed by atoms with E-state index in [0.29, 0.717) is 0 Å². The Morgan fingerprint density at radius 2 is 1.95 bits per heavy atom. The van der Waals surface area contributed by atoms with Crippen LogP contribution in [0.25, 0.3) is 0 Å². The second kappa shape index (κ2) is 6.72. The number of methoxy groups -OCH3 is 1. The van der Waals surface area contributed by atoms with E-state index >= 15 is 0 Å². The van der Waals surface area contributed by atoms with Crippen LogP contribution < -0.4 is 16.2 Å². The number of hydrogen-bond donors (Lipinski definition) is 2. The zero-order chi connectivity index (χ0) is 14.5. The molecule has 0 aromatic heterocycles. The van der Waals surface area contributed by atoms with E-state index in [1.807, 2.05) is 24.3 Å². The van der Waals surface area contributed by atoms with Crippen LogP contribution in [0.1, 0.15) is 24.4 Å². The van der Waals surface area contributed by atoms with Crippen LogP contribution in [0.4, 0.5) is 0 Å². The molecule has 1 heterocycles. The molecule has 1 aliphatic heterocycles. The van der Waals surface area contributed by atoms with Crippen LogP contribution >= 0.6 is 0 Å². The van der Waals surface area contributed by atoms with Crippen LogP contribution in [-0.2, 0) is 4.79 Å². The molecule has 1 fully saturated rings. The lowest BCUT2D eigenvalue weighted by Gasteiger charge is -2.32. The summed E-state index contributed by atoms with van der Waals surface area (Å²) in [7, 11) is 1.65. The predicted octanol–water partition coefficient (Wildman–Crippen LogP) is 0.892. The van der Waals surface area contributed by atoms with Gasteiger partial charge in [0.25, 0.3) is 0 Å². The maximum Gasteiger partial charge on any atom is 0.220 e. The molecule has 5 nitrogen and oxygen atoms in total. The molecule has 5 heteroatoms. The van der Waals surface area contributed by atoms with Gasteiger partial charge in [-0.25, -0.2) is 0 Å². The number of hydrogen-bond acceptors (Lipinski definition) is 4. The number of amides is 1. The zero-order valence-corrected chi connectivity index (χ0v) is 11.9. The first-order valence-electron chi connectivity index (χ1n) is 7.01. The fourth-order valence-electron chi connectivity index (χ4n) is 2.63. The van der Waals surface area contributed by atoms with Crippen molar-refractivity contribution < 1.29 is 9.53 Å². The third-order valence-electron chi connectivity index (χ3n) is 3.99. The summed E-state index contributed by atoms with van der Waals surface area (Å²) in [5.41, 5.74) is 12.7. The maximum atomic E-state index is 11.1. The Morgan fingerprint density at radius 1 is 1.35 bits per heavy atom. The Kier molecular flexibility index (Phi) is 4.98. The molecule has 20 heavy (non-hydrogen) atoms. The molecule has 1 aromatic carbocycles. The standard InChI is InChI=1S/C15H23N3O2/c1-20-13-4-2-11(3-5-13)14(16)10-18-8-6-12(7-9-18)15(17)19/h2-5,12,14H,6-10,16H2,1H3,(H2,17,19). The minimum Gasteiger partial charge on any atom is -0.497 e. The van der Waals surface area contributed by atoms with Gasteiger partial charge in [0, 0.05) is 18.5 Å². The highest BCUT2D eigenvalue weighted by molar-refractivity contribution is 5.76. The normalized spacial score (nSPS) is 18.7. The molecule has 1 amide bonds. The van der Waals surface area contributed by atoms with Crippen molar-refractivity contribution in [2.24, 2.45) is 17.4 Å². The van der Waals surface area contributed by atoms with Gasteiger partial charge >= 0.3 is 0 Å². The number of nitrogens with two attached hydrogens (primary N) is 2. The number of ether oxygens (including phenoxy) is 1. The first-order chi connectivity index (χ1) is 9.60. The Balaban J connectivity index is 1.85. The molecule has 1 aromatic rings. The molecule has 0 saturated carbocycles. The van der Waals surface area contributed by atoms with Gasteiger partial charge in [-0.15, -0.1) is 0 Å². The second-order valence-corrected chi connectivity index (χ2v) is 5.36. The van der Waals surface area contributed by atoms with Crippen LogP contribution in [-0.4, -0.2) is 37.6 Å². The summed E-state index contributed by atoms with van der Waals surface area (Å²) in [5, 5.41) is 0. The minimum atomic E-state index is -0.177. The summed E-state index contributed by atoms with van der Waals surface area (Å²) in [6.45, 7) is 2.58. The van der Waals surface area contributed by atoms with Crippen molar-refractivity contribution >= 4 is 5.91 Å². The van der Waals surface area contributed by atoms with Crippen molar-refractivity contribution in [1.29, 1.82) is 0 Å². The molecule has 2 rings (SSSR count). The molecule has 110 valence electrons. The van der Waals surface area contributed by atoms with E-state index in [-0.39, 0.29) is 17.9 Å². The summed E-state index contributed by atoms with van der Waals surface area (Å²) >= 11 is 0. The van der Waals surface area contributed by atoms with Crippen molar-refractivity contribution in [2.75, 3.05) is 26.7 Å². The van der Waals surface area contributed by atoms with Gasteiger partial charge in [-0.05, 0) is 43.6 Å². The Hall–Kier alpha value is -1.59. The number of benzene rings is 1. The largest absolute Gasteiger partial charge is 0.497 e. The molecule has 0 spiro atoms. The van der Waals surface area contributed by atoms with E-state index in [0.717, 1.165) is 43.8 Å². The van der Waals surface area contributed by atoms with Gasteiger partial charge in [0.2, 0.25) is 5.91 Å². The summed E-state index contributed by atoms with van der Waals surface area (Å²) in [6, 6.07) is 7.83. The number of rotatable bonds is 5. The Bertz CT molecular complexity index is 439. The van der Waals surface area contributed by atoms with Gasteiger partial charge in [-0.2, -0.15) is 0 Å². The molecule has 1 atom stereocenters. The van der Waals surface area contributed by atoms with Crippen molar-refractivity contribution in [3.05, 3.63) is 29.8 Å². The topological polar surface area (TPSA) is 81.6 Å².